The molecular formula is C14H12ClF3O3. The van der Waals surface area contributed by atoms with Gasteiger partial charge in [-0.15, -0.1) is 0 Å². The van der Waals surface area contributed by atoms with Gasteiger partial charge in [0.15, 0.2) is 0 Å². The fourth-order valence-electron chi connectivity index (χ4n) is 2.26. The van der Waals surface area contributed by atoms with Gasteiger partial charge >= 0.3 is 12.1 Å². The van der Waals surface area contributed by atoms with Gasteiger partial charge < -0.3 is 9.84 Å². The van der Waals surface area contributed by atoms with Crippen molar-refractivity contribution in [3.8, 4) is 5.75 Å². The number of carboxylic acids is 1. The summed E-state index contributed by atoms with van der Waals surface area (Å²) in [4.78, 5) is 11.1. The zero-order valence-corrected chi connectivity index (χ0v) is 12.2. The highest BCUT2D eigenvalue weighted by atomic mass is 35.5. The summed E-state index contributed by atoms with van der Waals surface area (Å²) in [6, 6.07) is 0. The largest absolute Gasteiger partial charge is 0.478 e. The monoisotopic (exact) mass is 320 g/mol. The molecule has 0 aromatic heterocycles. The van der Waals surface area contributed by atoms with Crippen molar-refractivity contribution in [2.24, 2.45) is 0 Å². The summed E-state index contributed by atoms with van der Waals surface area (Å²) in [7, 11) is 0. The maximum Gasteiger partial charge on any atom is 0.430 e. The zero-order chi connectivity index (χ0) is 16.1. The fourth-order valence-corrected chi connectivity index (χ4v) is 2.51. The highest BCUT2D eigenvalue weighted by Gasteiger charge is 2.49. The van der Waals surface area contributed by atoms with Gasteiger partial charge in [-0.3, -0.25) is 0 Å². The number of benzene rings is 1. The van der Waals surface area contributed by atoms with Crippen molar-refractivity contribution >= 4 is 23.6 Å². The van der Waals surface area contributed by atoms with Crippen molar-refractivity contribution in [1.29, 1.82) is 0 Å². The lowest BCUT2D eigenvalue weighted by Gasteiger charge is -2.30. The quantitative estimate of drug-likeness (QED) is 0.849. The molecule has 0 saturated carbocycles. The molecule has 1 atom stereocenters. The van der Waals surface area contributed by atoms with Gasteiger partial charge in [0.25, 0.3) is 0 Å². The number of aliphatic carboxylic acids is 1. The van der Waals surface area contributed by atoms with Crippen LogP contribution in [0.5, 0.6) is 5.75 Å². The van der Waals surface area contributed by atoms with Crippen LogP contribution in [0.4, 0.5) is 13.2 Å². The molecule has 114 valence electrons. The second kappa shape index (κ2) is 4.94. The molecule has 1 N–H and O–H groups in total. The van der Waals surface area contributed by atoms with E-state index in [1.807, 2.05) is 0 Å². The number of hydrogen-bond donors (Lipinski definition) is 1. The lowest BCUT2D eigenvalue weighted by atomic mass is 9.93. The summed E-state index contributed by atoms with van der Waals surface area (Å²) in [5, 5.41) is 9.39. The molecule has 1 aromatic rings. The highest BCUT2D eigenvalue weighted by molar-refractivity contribution is 6.32. The van der Waals surface area contributed by atoms with Gasteiger partial charge in [-0.2, -0.15) is 13.2 Å². The number of carbonyl (C=O) groups is 1. The molecule has 21 heavy (non-hydrogen) atoms. The average Bonchev–Trinajstić information content (AvgIpc) is 2.40. The molecule has 2 rings (SSSR count). The van der Waals surface area contributed by atoms with Gasteiger partial charge in [0.2, 0.25) is 6.10 Å². The third kappa shape index (κ3) is 2.48. The van der Waals surface area contributed by atoms with Crippen LogP contribution in [0.15, 0.2) is 5.57 Å². The summed E-state index contributed by atoms with van der Waals surface area (Å²) >= 11 is 6.12. The van der Waals surface area contributed by atoms with Crippen LogP contribution >= 0.6 is 11.6 Å². The number of fused-ring (bicyclic) bond motifs is 1. The van der Waals surface area contributed by atoms with E-state index in [4.69, 9.17) is 21.4 Å². The number of hydrogen-bond acceptors (Lipinski definition) is 2. The molecule has 0 spiro atoms. The number of halogens is 4. The summed E-state index contributed by atoms with van der Waals surface area (Å²) in [5.74, 6) is -1.64. The van der Waals surface area contributed by atoms with Gasteiger partial charge in [-0.25, -0.2) is 4.79 Å². The van der Waals surface area contributed by atoms with E-state index < -0.39 is 23.8 Å². The second-order valence-electron chi connectivity index (χ2n) is 4.88. The van der Waals surface area contributed by atoms with Crippen LogP contribution in [-0.2, 0) is 4.79 Å². The van der Waals surface area contributed by atoms with Crippen molar-refractivity contribution in [2.75, 3.05) is 0 Å². The first-order valence-corrected chi connectivity index (χ1v) is 6.41. The van der Waals surface area contributed by atoms with Gasteiger partial charge in [-0.05, 0) is 43.5 Å². The van der Waals surface area contributed by atoms with Gasteiger partial charge in [0.05, 0.1) is 5.57 Å². The molecule has 1 unspecified atom stereocenters. The Morgan fingerprint density at radius 2 is 1.81 bits per heavy atom. The Bertz CT molecular complexity index is 663. The number of alkyl halides is 3. The predicted molar refractivity (Wildman–Crippen MR) is 71.7 cm³/mol. The molecule has 1 aromatic carbocycles. The lowest BCUT2D eigenvalue weighted by Crippen LogP contribution is -2.40. The molecule has 0 radical (unpaired) electrons. The molecule has 0 fully saturated rings. The van der Waals surface area contributed by atoms with Gasteiger partial charge in [0, 0.05) is 10.6 Å². The lowest BCUT2D eigenvalue weighted by molar-refractivity contribution is -0.187. The van der Waals surface area contributed by atoms with Crippen LogP contribution < -0.4 is 4.74 Å². The molecule has 0 saturated heterocycles. The predicted octanol–water partition coefficient (Wildman–Crippen LogP) is 4.06. The molecule has 0 aliphatic carbocycles. The van der Waals surface area contributed by atoms with Crippen molar-refractivity contribution < 1.29 is 27.8 Å². The molecule has 1 aliphatic heterocycles. The Kier molecular flexibility index (Phi) is 3.70. The zero-order valence-electron chi connectivity index (χ0n) is 11.4. The van der Waals surface area contributed by atoms with Gasteiger partial charge in [0.1, 0.15) is 5.75 Å². The van der Waals surface area contributed by atoms with Crippen molar-refractivity contribution in [1.82, 2.24) is 0 Å². The summed E-state index contributed by atoms with van der Waals surface area (Å²) in [5.41, 5.74) is 1.00. The first kappa shape index (κ1) is 15.7. The Balaban J connectivity index is 2.75. The number of rotatable bonds is 1. The van der Waals surface area contributed by atoms with Crippen molar-refractivity contribution in [2.45, 2.75) is 33.1 Å². The Morgan fingerprint density at radius 3 is 2.29 bits per heavy atom. The molecular weight excluding hydrogens is 309 g/mol. The van der Waals surface area contributed by atoms with Crippen molar-refractivity contribution in [3.05, 3.63) is 32.8 Å². The van der Waals surface area contributed by atoms with Crippen LogP contribution in [-0.4, -0.2) is 23.4 Å². The summed E-state index contributed by atoms with van der Waals surface area (Å²) in [6.07, 6.45) is -6.30. The first-order valence-electron chi connectivity index (χ1n) is 6.03. The third-order valence-electron chi connectivity index (χ3n) is 3.57. The number of carboxylic acid groups (broad SMARTS) is 1. The van der Waals surface area contributed by atoms with Crippen LogP contribution in [0.2, 0.25) is 5.02 Å². The second-order valence-corrected chi connectivity index (χ2v) is 5.25. The van der Waals surface area contributed by atoms with E-state index in [-0.39, 0.29) is 11.3 Å². The molecule has 0 bridgehead atoms. The van der Waals surface area contributed by atoms with Crippen molar-refractivity contribution in [3.63, 3.8) is 0 Å². The Labute approximate surface area is 124 Å². The number of ether oxygens (including phenoxy) is 1. The van der Waals surface area contributed by atoms with Gasteiger partial charge in [-0.1, -0.05) is 11.6 Å². The smallest absolute Gasteiger partial charge is 0.430 e. The molecule has 1 aliphatic rings. The molecule has 7 heteroatoms. The first-order chi connectivity index (χ1) is 9.55. The van der Waals surface area contributed by atoms with E-state index in [9.17, 15) is 18.0 Å². The minimum absolute atomic E-state index is 0.0294. The van der Waals surface area contributed by atoms with Crippen LogP contribution in [0.1, 0.15) is 22.3 Å². The van der Waals surface area contributed by atoms with E-state index in [1.165, 1.54) is 0 Å². The molecule has 0 amide bonds. The summed E-state index contributed by atoms with van der Waals surface area (Å²) < 4.78 is 44.0. The minimum Gasteiger partial charge on any atom is -0.478 e. The van der Waals surface area contributed by atoms with E-state index in [0.717, 1.165) is 6.08 Å². The molecule has 1 heterocycles. The SMILES string of the molecule is Cc1c(C)c2c(c(C)c1Cl)C=C(C(=O)O)C(C(F)(F)F)O2. The molecule has 3 nitrogen and oxygen atoms in total. The minimum atomic E-state index is -4.81. The van der Waals surface area contributed by atoms with E-state index in [1.54, 1.807) is 20.8 Å². The Hall–Kier alpha value is -1.69. The normalized spacial score (nSPS) is 17.9. The fraction of sp³-hybridized carbons (Fsp3) is 0.357. The van der Waals surface area contributed by atoms with E-state index in [0.29, 0.717) is 21.7 Å². The summed E-state index contributed by atoms with van der Waals surface area (Å²) in [6.45, 7) is 4.88. The van der Waals surface area contributed by atoms with Crippen LogP contribution in [0, 0.1) is 20.8 Å². The highest BCUT2D eigenvalue weighted by Crippen LogP contribution is 2.43. The van der Waals surface area contributed by atoms with E-state index >= 15 is 0 Å². The maximum absolute atomic E-state index is 13.0. The maximum atomic E-state index is 13.0. The van der Waals surface area contributed by atoms with Crippen LogP contribution in [0.25, 0.3) is 6.08 Å². The van der Waals surface area contributed by atoms with Crippen LogP contribution in [0.3, 0.4) is 0 Å². The Morgan fingerprint density at radius 1 is 1.24 bits per heavy atom. The van der Waals surface area contributed by atoms with E-state index in [2.05, 4.69) is 0 Å². The standard InChI is InChI=1S/C14H12ClF3O3/c1-5-6(2)11-8(7(3)10(5)15)4-9(13(19)20)12(21-11)14(16,17)18/h4,12H,1-3H3,(H,19,20). The third-order valence-corrected chi connectivity index (χ3v) is 4.14. The topological polar surface area (TPSA) is 46.5 Å². The average molecular weight is 321 g/mol.